The van der Waals surface area contributed by atoms with E-state index in [0.29, 0.717) is 22.8 Å². The number of hydrogen-bond acceptors (Lipinski definition) is 7. The molecule has 1 fully saturated rings. The van der Waals surface area contributed by atoms with Gasteiger partial charge in [0.2, 0.25) is 17.7 Å². The van der Waals surface area contributed by atoms with E-state index in [1.165, 1.54) is 24.1 Å². The molecule has 0 spiro atoms. The van der Waals surface area contributed by atoms with Gasteiger partial charge < -0.3 is 14.6 Å². The highest BCUT2D eigenvalue weighted by atomic mass is 19.4. The lowest BCUT2D eigenvalue weighted by molar-refractivity contribution is -0.137. The standard InChI is InChI=1S/C27H33F3N6O3/c1-15(2)13-20(37)35(4)26-34-23-21(36(26)14-17-9-11-19(12-10-17)27(28,29)30)22(31-16(3)18-7-6-8-18)32-24(33-23)25(38)39-5/h9-12,15-16,18H,6-8,13-14H2,1-5H3,(H,31,32,33). The fraction of sp³-hybridized carbons (Fsp3) is 0.519. The van der Waals surface area contributed by atoms with Crippen LogP contribution in [0.5, 0.6) is 0 Å². The van der Waals surface area contributed by atoms with Crippen LogP contribution in [-0.2, 0) is 22.3 Å². The topological polar surface area (TPSA) is 102 Å². The van der Waals surface area contributed by atoms with E-state index in [1.54, 1.807) is 11.6 Å². The highest BCUT2D eigenvalue weighted by Gasteiger charge is 2.31. The Kier molecular flexibility index (Phi) is 8.12. The number of carbonyl (C=O) groups is 2. The van der Waals surface area contributed by atoms with Gasteiger partial charge in [0.25, 0.3) is 0 Å². The number of carbonyl (C=O) groups excluding carboxylic acids is 2. The Morgan fingerprint density at radius 1 is 1.13 bits per heavy atom. The maximum atomic E-state index is 13.2. The zero-order chi connectivity index (χ0) is 28.5. The van der Waals surface area contributed by atoms with Crippen LogP contribution < -0.4 is 10.2 Å². The Bertz CT molecular complexity index is 1350. The fourth-order valence-electron chi connectivity index (χ4n) is 4.57. The summed E-state index contributed by atoms with van der Waals surface area (Å²) in [6, 6.07) is 4.85. The lowest BCUT2D eigenvalue weighted by Crippen LogP contribution is -2.32. The van der Waals surface area contributed by atoms with E-state index in [4.69, 9.17) is 4.74 Å². The van der Waals surface area contributed by atoms with E-state index < -0.39 is 17.7 Å². The van der Waals surface area contributed by atoms with E-state index in [0.717, 1.165) is 31.4 Å². The molecule has 12 heteroatoms. The van der Waals surface area contributed by atoms with Gasteiger partial charge in [0.1, 0.15) is 5.52 Å². The molecule has 1 aliphatic carbocycles. The Morgan fingerprint density at radius 2 is 1.79 bits per heavy atom. The van der Waals surface area contributed by atoms with Gasteiger partial charge in [-0.05, 0) is 49.3 Å². The number of ether oxygens (including phenoxy) is 1. The molecular weight excluding hydrogens is 513 g/mol. The first-order chi connectivity index (χ1) is 18.4. The monoisotopic (exact) mass is 546 g/mol. The SMILES string of the molecule is COC(=O)c1nc(NC(C)C2CCC2)c2c(n1)nc(N(C)C(=O)CC(C)C)n2Cc1ccc(C(F)(F)F)cc1. The van der Waals surface area contributed by atoms with Crippen molar-refractivity contribution in [3.05, 3.63) is 41.2 Å². The number of hydrogen-bond donors (Lipinski definition) is 1. The average molecular weight is 547 g/mol. The molecule has 1 amide bonds. The Hall–Kier alpha value is -3.70. The summed E-state index contributed by atoms with van der Waals surface area (Å²) in [5, 5.41) is 3.40. The number of benzene rings is 1. The van der Waals surface area contributed by atoms with E-state index in [9.17, 15) is 22.8 Å². The number of esters is 1. The van der Waals surface area contributed by atoms with Crippen molar-refractivity contribution in [3.63, 3.8) is 0 Å². The lowest BCUT2D eigenvalue weighted by atomic mass is 9.80. The van der Waals surface area contributed by atoms with Crippen molar-refractivity contribution in [2.45, 2.75) is 65.2 Å². The third-order valence-electron chi connectivity index (χ3n) is 7.05. The molecule has 1 unspecified atom stereocenters. The first-order valence-electron chi connectivity index (χ1n) is 12.9. The molecule has 1 aliphatic rings. The Morgan fingerprint density at radius 3 is 2.33 bits per heavy atom. The molecule has 1 N–H and O–H groups in total. The second-order valence-electron chi connectivity index (χ2n) is 10.4. The molecule has 210 valence electrons. The van der Waals surface area contributed by atoms with Crippen molar-refractivity contribution in [2.75, 3.05) is 24.4 Å². The highest BCUT2D eigenvalue weighted by Crippen LogP contribution is 2.34. The van der Waals surface area contributed by atoms with Crippen LogP contribution >= 0.6 is 0 Å². The number of halogens is 3. The number of imidazole rings is 1. The molecule has 1 atom stereocenters. The molecule has 3 aromatic rings. The van der Waals surface area contributed by atoms with Crippen LogP contribution in [0.15, 0.2) is 24.3 Å². The summed E-state index contributed by atoms with van der Waals surface area (Å²) in [6.45, 7) is 5.98. The van der Waals surface area contributed by atoms with Gasteiger partial charge in [0.05, 0.1) is 19.2 Å². The van der Waals surface area contributed by atoms with Gasteiger partial charge in [-0.25, -0.2) is 14.8 Å². The van der Waals surface area contributed by atoms with Crippen molar-refractivity contribution >= 4 is 34.8 Å². The summed E-state index contributed by atoms with van der Waals surface area (Å²) >= 11 is 0. The van der Waals surface area contributed by atoms with Gasteiger partial charge in [0, 0.05) is 19.5 Å². The Balaban J connectivity index is 1.87. The normalized spacial score (nSPS) is 14.8. The molecule has 1 saturated carbocycles. The summed E-state index contributed by atoms with van der Waals surface area (Å²) in [5.41, 5.74) is 0.407. The van der Waals surface area contributed by atoms with Crippen LogP contribution in [0.25, 0.3) is 11.2 Å². The van der Waals surface area contributed by atoms with E-state index in [2.05, 4.69) is 20.3 Å². The molecule has 2 aromatic heterocycles. The quantitative estimate of drug-likeness (QED) is 0.364. The number of fused-ring (bicyclic) bond motifs is 1. The molecule has 9 nitrogen and oxygen atoms in total. The third-order valence-corrected chi connectivity index (χ3v) is 7.05. The van der Waals surface area contributed by atoms with Gasteiger partial charge in [-0.2, -0.15) is 18.2 Å². The van der Waals surface area contributed by atoms with Crippen LogP contribution in [0.1, 0.15) is 68.2 Å². The average Bonchev–Trinajstić information content (AvgIpc) is 3.19. The molecular formula is C27H33F3N6O3. The van der Waals surface area contributed by atoms with Gasteiger partial charge in [-0.15, -0.1) is 0 Å². The molecule has 0 radical (unpaired) electrons. The number of rotatable bonds is 9. The number of nitrogens with one attached hydrogen (secondary N) is 1. The summed E-state index contributed by atoms with van der Waals surface area (Å²) < 4.78 is 46.0. The first-order valence-corrected chi connectivity index (χ1v) is 12.9. The van der Waals surface area contributed by atoms with E-state index >= 15 is 0 Å². The van der Waals surface area contributed by atoms with Gasteiger partial charge in [0.15, 0.2) is 11.5 Å². The Labute approximate surface area is 224 Å². The zero-order valence-corrected chi connectivity index (χ0v) is 22.7. The minimum Gasteiger partial charge on any atom is -0.463 e. The van der Waals surface area contributed by atoms with Crippen LogP contribution in [0.3, 0.4) is 0 Å². The largest absolute Gasteiger partial charge is 0.463 e. The van der Waals surface area contributed by atoms with Crippen molar-refractivity contribution in [1.82, 2.24) is 19.5 Å². The number of methoxy groups -OCH3 is 1. The number of alkyl halides is 3. The molecule has 0 bridgehead atoms. The predicted octanol–water partition coefficient (Wildman–Crippen LogP) is 5.29. The minimum absolute atomic E-state index is 0.0283. The van der Waals surface area contributed by atoms with Crippen molar-refractivity contribution in [2.24, 2.45) is 11.8 Å². The molecule has 4 rings (SSSR count). The lowest BCUT2D eigenvalue weighted by Gasteiger charge is -2.32. The molecule has 0 saturated heterocycles. The van der Waals surface area contributed by atoms with Crippen molar-refractivity contribution in [3.8, 4) is 0 Å². The number of nitrogens with zero attached hydrogens (tertiary/aromatic N) is 5. The van der Waals surface area contributed by atoms with Crippen LogP contribution in [0.2, 0.25) is 0 Å². The van der Waals surface area contributed by atoms with Crippen LogP contribution in [0, 0.1) is 11.8 Å². The predicted molar refractivity (Wildman–Crippen MR) is 140 cm³/mol. The summed E-state index contributed by atoms with van der Waals surface area (Å²) in [5.74, 6) is -0.0000173. The first kappa shape index (κ1) is 28.3. The van der Waals surface area contributed by atoms with Crippen LogP contribution in [0.4, 0.5) is 24.9 Å². The molecule has 1 aromatic carbocycles. The maximum Gasteiger partial charge on any atom is 0.416 e. The molecule has 2 heterocycles. The second-order valence-corrected chi connectivity index (χ2v) is 10.4. The van der Waals surface area contributed by atoms with Crippen molar-refractivity contribution in [1.29, 1.82) is 0 Å². The van der Waals surface area contributed by atoms with Gasteiger partial charge in [-0.1, -0.05) is 32.4 Å². The summed E-state index contributed by atoms with van der Waals surface area (Å²) in [6.07, 6.45) is -0.920. The second kappa shape index (κ2) is 11.2. The number of amides is 1. The number of aromatic nitrogens is 4. The van der Waals surface area contributed by atoms with Gasteiger partial charge >= 0.3 is 12.1 Å². The van der Waals surface area contributed by atoms with Crippen LogP contribution in [-0.4, -0.2) is 51.6 Å². The highest BCUT2D eigenvalue weighted by molar-refractivity contribution is 5.96. The summed E-state index contributed by atoms with van der Waals surface area (Å²) in [7, 11) is 2.82. The van der Waals surface area contributed by atoms with E-state index in [1.807, 2.05) is 20.8 Å². The minimum atomic E-state index is -4.46. The summed E-state index contributed by atoms with van der Waals surface area (Å²) in [4.78, 5) is 40.2. The van der Waals surface area contributed by atoms with E-state index in [-0.39, 0.29) is 48.3 Å². The molecule has 39 heavy (non-hydrogen) atoms. The fourth-order valence-corrected chi connectivity index (χ4v) is 4.57. The zero-order valence-electron chi connectivity index (χ0n) is 22.7. The maximum absolute atomic E-state index is 13.2. The van der Waals surface area contributed by atoms with Gasteiger partial charge in [-0.3, -0.25) is 9.69 Å². The third kappa shape index (κ3) is 6.15. The number of anilines is 2. The molecule has 0 aliphatic heterocycles. The van der Waals surface area contributed by atoms with Crippen molar-refractivity contribution < 1.29 is 27.5 Å². The smallest absolute Gasteiger partial charge is 0.416 e.